The fourth-order valence-corrected chi connectivity index (χ4v) is 1.66. The fourth-order valence-electron chi connectivity index (χ4n) is 1.66. The van der Waals surface area contributed by atoms with Crippen LogP contribution in [0, 0.1) is 13.8 Å². The van der Waals surface area contributed by atoms with Gasteiger partial charge in [-0.1, -0.05) is 0 Å². The molecule has 2 rings (SSSR count). The van der Waals surface area contributed by atoms with Gasteiger partial charge in [0.2, 0.25) is 0 Å². The van der Waals surface area contributed by atoms with E-state index in [0.717, 1.165) is 22.7 Å². The second-order valence-electron chi connectivity index (χ2n) is 3.95. The maximum absolute atomic E-state index is 5.11. The fraction of sp³-hybridized carbons (Fsp3) is 0.214. The standard InChI is InChI=1S/C14H16N2O/c1-11-4-5-12(2)16(11)15-10-13-6-8-14(17-3)9-7-13/h4-10H,1-3H3/b15-10+. The summed E-state index contributed by atoms with van der Waals surface area (Å²) < 4.78 is 7.03. The lowest BCUT2D eigenvalue weighted by molar-refractivity contribution is 0.415. The van der Waals surface area contributed by atoms with Crippen LogP contribution in [0.5, 0.6) is 5.75 Å². The van der Waals surface area contributed by atoms with Crippen LogP contribution < -0.4 is 4.74 Å². The predicted octanol–water partition coefficient (Wildman–Crippen LogP) is 3.00. The van der Waals surface area contributed by atoms with Crippen LogP contribution in [0.1, 0.15) is 17.0 Å². The van der Waals surface area contributed by atoms with Crippen LogP contribution in [0.25, 0.3) is 0 Å². The van der Waals surface area contributed by atoms with Crippen LogP contribution in [0.4, 0.5) is 0 Å². The largest absolute Gasteiger partial charge is 0.497 e. The first-order valence-corrected chi connectivity index (χ1v) is 5.54. The summed E-state index contributed by atoms with van der Waals surface area (Å²) in [5.74, 6) is 0.857. The van der Waals surface area contributed by atoms with Gasteiger partial charge in [-0.15, -0.1) is 0 Å². The minimum atomic E-state index is 0.857. The number of ether oxygens (including phenoxy) is 1. The Balaban J connectivity index is 2.20. The van der Waals surface area contributed by atoms with Crippen LogP contribution in [0.3, 0.4) is 0 Å². The lowest BCUT2D eigenvalue weighted by atomic mass is 10.2. The van der Waals surface area contributed by atoms with Crippen molar-refractivity contribution in [3.63, 3.8) is 0 Å². The molecule has 0 N–H and O–H groups in total. The maximum atomic E-state index is 5.11. The molecule has 0 fully saturated rings. The molecule has 0 aliphatic carbocycles. The van der Waals surface area contributed by atoms with Gasteiger partial charge in [0, 0.05) is 11.4 Å². The van der Waals surface area contributed by atoms with E-state index in [-0.39, 0.29) is 0 Å². The zero-order chi connectivity index (χ0) is 12.3. The van der Waals surface area contributed by atoms with Crippen molar-refractivity contribution < 1.29 is 4.74 Å². The Morgan fingerprint density at radius 1 is 1.00 bits per heavy atom. The van der Waals surface area contributed by atoms with Crippen LogP contribution in [0.15, 0.2) is 41.5 Å². The number of aryl methyl sites for hydroxylation is 2. The molecule has 0 radical (unpaired) electrons. The molecule has 0 saturated carbocycles. The highest BCUT2D eigenvalue weighted by atomic mass is 16.5. The van der Waals surface area contributed by atoms with E-state index >= 15 is 0 Å². The van der Waals surface area contributed by atoms with E-state index in [1.165, 1.54) is 0 Å². The van der Waals surface area contributed by atoms with E-state index in [0.29, 0.717) is 0 Å². The first-order valence-electron chi connectivity index (χ1n) is 5.54. The highest BCUT2D eigenvalue weighted by Crippen LogP contribution is 2.11. The van der Waals surface area contributed by atoms with E-state index < -0.39 is 0 Å². The van der Waals surface area contributed by atoms with Gasteiger partial charge in [-0.25, -0.2) is 4.68 Å². The van der Waals surface area contributed by atoms with E-state index in [9.17, 15) is 0 Å². The Morgan fingerprint density at radius 2 is 1.59 bits per heavy atom. The molecule has 3 nitrogen and oxygen atoms in total. The van der Waals surface area contributed by atoms with Crippen molar-refractivity contribution in [3.05, 3.63) is 53.3 Å². The van der Waals surface area contributed by atoms with Crippen molar-refractivity contribution in [1.29, 1.82) is 0 Å². The van der Waals surface area contributed by atoms with E-state index in [1.807, 2.05) is 49.0 Å². The summed E-state index contributed by atoms with van der Waals surface area (Å²) in [5.41, 5.74) is 3.32. The first kappa shape index (κ1) is 11.5. The highest BCUT2D eigenvalue weighted by molar-refractivity contribution is 5.79. The van der Waals surface area contributed by atoms with Crippen molar-refractivity contribution in [2.24, 2.45) is 5.10 Å². The Labute approximate surface area is 101 Å². The molecule has 17 heavy (non-hydrogen) atoms. The van der Waals surface area contributed by atoms with E-state index in [1.54, 1.807) is 7.11 Å². The molecule has 0 saturated heterocycles. The summed E-state index contributed by atoms with van der Waals surface area (Å²) in [7, 11) is 1.66. The molecule has 0 aliphatic rings. The molecule has 1 aromatic carbocycles. The Bertz CT molecular complexity index is 504. The number of nitrogens with zero attached hydrogens (tertiary/aromatic N) is 2. The number of hydrogen-bond donors (Lipinski definition) is 0. The van der Waals surface area contributed by atoms with Gasteiger partial charge in [0.15, 0.2) is 0 Å². The Hall–Kier alpha value is -2.03. The van der Waals surface area contributed by atoms with Crippen LogP contribution in [-0.4, -0.2) is 18.0 Å². The van der Waals surface area contributed by atoms with Crippen molar-refractivity contribution in [2.45, 2.75) is 13.8 Å². The minimum absolute atomic E-state index is 0.857. The highest BCUT2D eigenvalue weighted by Gasteiger charge is 1.97. The Kier molecular flexibility index (Phi) is 3.28. The van der Waals surface area contributed by atoms with Gasteiger partial charge in [-0.3, -0.25) is 0 Å². The van der Waals surface area contributed by atoms with E-state index in [2.05, 4.69) is 17.2 Å². The maximum Gasteiger partial charge on any atom is 0.118 e. The molecular formula is C14H16N2O. The van der Waals surface area contributed by atoms with Gasteiger partial charge in [0.25, 0.3) is 0 Å². The molecule has 0 spiro atoms. The molecule has 0 unspecified atom stereocenters. The Morgan fingerprint density at radius 3 is 2.12 bits per heavy atom. The molecule has 88 valence electrons. The first-order chi connectivity index (χ1) is 8.20. The van der Waals surface area contributed by atoms with Crippen LogP contribution in [-0.2, 0) is 0 Å². The number of hydrogen-bond acceptors (Lipinski definition) is 2. The van der Waals surface area contributed by atoms with Crippen LogP contribution >= 0.6 is 0 Å². The summed E-state index contributed by atoms with van der Waals surface area (Å²) in [6.45, 7) is 4.08. The average molecular weight is 228 g/mol. The summed E-state index contributed by atoms with van der Waals surface area (Å²) in [6.07, 6.45) is 1.85. The quantitative estimate of drug-likeness (QED) is 0.742. The van der Waals surface area contributed by atoms with Crippen molar-refractivity contribution >= 4 is 6.21 Å². The lowest BCUT2D eigenvalue weighted by Gasteiger charge is -2.02. The van der Waals surface area contributed by atoms with Gasteiger partial charge in [-0.05, 0) is 55.8 Å². The number of benzene rings is 1. The molecule has 0 amide bonds. The summed E-state index contributed by atoms with van der Waals surface area (Å²) >= 11 is 0. The van der Waals surface area contributed by atoms with Crippen molar-refractivity contribution in [1.82, 2.24) is 4.68 Å². The lowest BCUT2D eigenvalue weighted by Crippen LogP contribution is -1.95. The van der Waals surface area contributed by atoms with Gasteiger partial charge in [-0.2, -0.15) is 5.10 Å². The van der Waals surface area contributed by atoms with Gasteiger partial charge in [0.05, 0.1) is 13.3 Å². The van der Waals surface area contributed by atoms with Gasteiger partial charge < -0.3 is 4.74 Å². The van der Waals surface area contributed by atoms with Gasteiger partial charge >= 0.3 is 0 Å². The molecule has 1 heterocycles. The van der Waals surface area contributed by atoms with Crippen molar-refractivity contribution in [2.75, 3.05) is 7.11 Å². The topological polar surface area (TPSA) is 26.5 Å². The normalized spacial score (nSPS) is 11.0. The molecule has 3 heteroatoms. The van der Waals surface area contributed by atoms with Gasteiger partial charge in [0.1, 0.15) is 5.75 Å². The van der Waals surface area contributed by atoms with E-state index in [4.69, 9.17) is 4.74 Å². The smallest absolute Gasteiger partial charge is 0.118 e. The summed E-state index contributed by atoms with van der Waals surface area (Å²) in [5, 5.41) is 4.44. The second kappa shape index (κ2) is 4.87. The minimum Gasteiger partial charge on any atom is -0.497 e. The molecule has 1 aromatic heterocycles. The third-order valence-corrected chi connectivity index (χ3v) is 2.67. The number of methoxy groups -OCH3 is 1. The number of rotatable bonds is 3. The third kappa shape index (κ3) is 2.56. The SMILES string of the molecule is COc1ccc(/C=N/n2c(C)ccc2C)cc1. The molecule has 0 bridgehead atoms. The molecule has 0 aliphatic heterocycles. The zero-order valence-electron chi connectivity index (χ0n) is 10.3. The zero-order valence-corrected chi connectivity index (χ0v) is 10.3. The second-order valence-corrected chi connectivity index (χ2v) is 3.95. The molecule has 0 atom stereocenters. The summed E-state index contributed by atoms with van der Waals surface area (Å²) in [6, 6.07) is 11.9. The third-order valence-electron chi connectivity index (χ3n) is 2.67. The van der Waals surface area contributed by atoms with Crippen molar-refractivity contribution in [3.8, 4) is 5.75 Å². The summed E-state index contributed by atoms with van der Waals surface area (Å²) in [4.78, 5) is 0. The average Bonchev–Trinajstić information content (AvgIpc) is 2.67. The predicted molar refractivity (Wildman–Crippen MR) is 69.9 cm³/mol. The molecule has 2 aromatic rings. The monoisotopic (exact) mass is 228 g/mol. The molecular weight excluding hydrogens is 212 g/mol. The number of aromatic nitrogens is 1. The van der Waals surface area contributed by atoms with Crippen LogP contribution in [0.2, 0.25) is 0 Å².